The third-order valence-corrected chi connectivity index (χ3v) is 4.80. The number of aryl methyl sites for hydroxylation is 2. The second-order valence-electron chi connectivity index (χ2n) is 5.82. The van der Waals surface area contributed by atoms with Gasteiger partial charge in [-0.15, -0.1) is 11.3 Å². The molecule has 3 rings (SSSR count). The van der Waals surface area contributed by atoms with Crippen LogP contribution in [0.15, 0.2) is 16.0 Å². The Kier molecular flexibility index (Phi) is 4.37. The van der Waals surface area contributed by atoms with Gasteiger partial charge >= 0.3 is 0 Å². The summed E-state index contributed by atoms with van der Waals surface area (Å²) in [6.07, 6.45) is 2.98. The summed E-state index contributed by atoms with van der Waals surface area (Å²) >= 11 is 1.73. The van der Waals surface area contributed by atoms with Crippen LogP contribution in [0.1, 0.15) is 28.8 Å². The van der Waals surface area contributed by atoms with Crippen LogP contribution in [0.5, 0.6) is 0 Å². The van der Waals surface area contributed by atoms with Gasteiger partial charge in [0.1, 0.15) is 5.76 Å². The first-order chi connectivity index (χ1) is 10.1. The Labute approximate surface area is 129 Å². The first-order valence-electron chi connectivity index (χ1n) is 7.35. The maximum Gasteiger partial charge on any atom is 0.208 e. The Balaban J connectivity index is 1.51. The smallest absolute Gasteiger partial charge is 0.208 e. The molecule has 5 nitrogen and oxygen atoms in total. The van der Waals surface area contributed by atoms with E-state index < -0.39 is 0 Å². The maximum absolute atomic E-state index is 5.56. The van der Waals surface area contributed by atoms with Crippen molar-refractivity contribution in [3.05, 3.63) is 33.9 Å². The van der Waals surface area contributed by atoms with E-state index in [1.165, 1.54) is 12.1 Å². The molecule has 0 radical (unpaired) electrons. The Bertz CT molecular complexity index is 594. The van der Waals surface area contributed by atoms with Crippen molar-refractivity contribution in [3.8, 4) is 0 Å². The summed E-state index contributed by atoms with van der Waals surface area (Å²) in [6.45, 7) is 7.97. The van der Waals surface area contributed by atoms with Crippen LogP contribution in [0, 0.1) is 13.8 Å². The highest BCUT2D eigenvalue weighted by Gasteiger charge is 2.26. The van der Waals surface area contributed by atoms with Crippen molar-refractivity contribution >= 4 is 11.3 Å². The summed E-state index contributed by atoms with van der Waals surface area (Å²) in [5, 5.41) is 3.32. The van der Waals surface area contributed by atoms with E-state index >= 15 is 0 Å². The first-order valence-corrected chi connectivity index (χ1v) is 8.23. The number of rotatable bonds is 5. The van der Waals surface area contributed by atoms with Crippen LogP contribution < -0.4 is 0 Å². The second kappa shape index (κ2) is 6.25. The number of likely N-dealkylation sites (tertiary alicyclic amines) is 1. The van der Waals surface area contributed by atoms with Crippen molar-refractivity contribution in [3.63, 3.8) is 0 Å². The van der Waals surface area contributed by atoms with Crippen LogP contribution in [-0.4, -0.2) is 45.9 Å². The lowest BCUT2D eigenvalue weighted by Crippen LogP contribution is -2.34. The Hall–Kier alpha value is -1.24. The van der Waals surface area contributed by atoms with Gasteiger partial charge in [-0.05, 0) is 27.3 Å². The largest absolute Gasteiger partial charge is 0.445 e. The van der Waals surface area contributed by atoms with Gasteiger partial charge in [-0.3, -0.25) is 9.80 Å². The Morgan fingerprint density at radius 1 is 1.48 bits per heavy atom. The van der Waals surface area contributed by atoms with Crippen LogP contribution in [0.25, 0.3) is 0 Å². The Morgan fingerprint density at radius 2 is 2.33 bits per heavy atom. The highest BCUT2D eigenvalue weighted by Crippen LogP contribution is 2.19. The van der Waals surface area contributed by atoms with Gasteiger partial charge in [-0.1, -0.05) is 0 Å². The zero-order valence-corrected chi connectivity index (χ0v) is 13.7. The molecule has 0 saturated carbocycles. The number of likely N-dealkylation sites (N-methyl/N-ethyl adjacent to an activating group) is 1. The lowest BCUT2D eigenvalue weighted by molar-refractivity contribution is 0.204. The van der Waals surface area contributed by atoms with Crippen LogP contribution in [0.2, 0.25) is 0 Å². The molecule has 0 bridgehead atoms. The Morgan fingerprint density at radius 3 is 3.00 bits per heavy atom. The van der Waals surface area contributed by atoms with Crippen molar-refractivity contribution in [1.29, 1.82) is 0 Å². The molecular formula is C15H22N4OS. The van der Waals surface area contributed by atoms with Gasteiger partial charge in [-0.2, -0.15) is 0 Å². The third-order valence-electron chi connectivity index (χ3n) is 3.98. The summed E-state index contributed by atoms with van der Waals surface area (Å²) < 4.78 is 5.56. The zero-order valence-electron chi connectivity index (χ0n) is 12.9. The fraction of sp³-hybridized carbons (Fsp3) is 0.600. The number of nitrogens with zero attached hydrogens (tertiary/aromatic N) is 4. The number of hydrogen-bond acceptors (Lipinski definition) is 6. The lowest BCUT2D eigenvalue weighted by Gasteiger charge is -2.23. The molecule has 1 unspecified atom stereocenters. The van der Waals surface area contributed by atoms with Crippen molar-refractivity contribution < 1.29 is 4.42 Å². The molecule has 1 atom stereocenters. The quantitative estimate of drug-likeness (QED) is 0.849. The molecule has 21 heavy (non-hydrogen) atoms. The maximum atomic E-state index is 5.56. The normalized spacial score (nSPS) is 19.7. The van der Waals surface area contributed by atoms with E-state index in [0.717, 1.165) is 42.8 Å². The molecule has 2 aromatic heterocycles. The van der Waals surface area contributed by atoms with Crippen LogP contribution in [0.3, 0.4) is 0 Å². The molecule has 6 heteroatoms. The molecule has 0 aromatic carbocycles. The minimum atomic E-state index is 0.567. The van der Waals surface area contributed by atoms with Crippen molar-refractivity contribution in [2.45, 2.75) is 39.4 Å². The van der Waals surface area contributed by atoms with E-state index in [0.29, 0.717) is 6.04 Å². The number of oxazole rings is 1. The topological polar surface area (TPSA) is 45.4 Å². The molecule has 0 aliphatic carbocycles. The molecule has 1 saturated heterocycles. The van der Waals surface area contributed by atoms with Crippen LogP contribution in [0.4, 0.5) is 0 Å². The monoisotopic (exact) mass is 306 g/mol. The summed E-state index contributed by atoms with van der Waals surface area (Å²) in [4.78, 5) is 13.7. The van der Waals surface area contributed by atoms with Crippen molar-refractivity contribution in [1.82, 2.24) is 19.8 Å². The van der Waals surface area contributed by atoms with E-state index in [1.807, 2.05) is 6.92 Å². The molecule has 3 heterocycles. The highest BCUT2D eigenvalue weighted by atomic mass is 32.1. The molecule has 0 amide bonds. The molecule has 2 aromatic rings. The fourth-order valence-corrected chi connectivity index (χ4v) is 3.45. The summed E-state index contributed by atoms with van der Waals surface area (Å²) in [6, 6.07) is 0.567. The minimum Gasteiger partial charge on any atom is -0.445 e. The number of hydrogen-bond donors (Lipinski definition) is 0. The standard InChI is InChI=1S/C15H22N4OS/c1-11-6-16-15(20-11)9-18(3)14-4-5-19(8-14)7-13-10-21-12(2)17-13/h6,10,14H,4-5,7-9H2,1-3H3. The predicted molar refractivity (Wildman–Crippen MR) is 83.2 cm³/mol. The summed E-state index contributed by atoms with van der Waals surface area (Å²) in [5.41, 5.74) is 1.20. The van der Waals surface area contributed by atoms with E-state index in [1.54, 1.807) is 17.5 Å². The predicted octanol–water partition coefficient (Wildman–Crippen LogP) is 2.45. The molecule has 1 aliphatic heterocycles. The zero-order chi connectivity index (χ0) is 14.8. The van der Waals surface area contributed by atoms with Gasteiger partial charge in [0.25, 0.3) is 0 Å². The van der Waals surface area contributed by atoms with Crippen LogP contribution >= 0.6 is 11.3 Å². The van der Waals surface area contributed by atoms with Gasteiger partial charge in [0.15, 0.2) is 0 Å². The van der Waals surface area contributed by atoms with Gasteiger partial charge in [0, 0.05) is 31.1 Å². The molecule has 0 spiro atoms. The van der Waals surface area contributed by atoms with Crippen molar-refractivity contribution in [2.75, 3.05) is 20.1 Å². The van der Waals surface area contributed by atoms with Crippen LogP contribution in [-0.2, 0) is 13.1 Å². The highest BCUT2D eigenvalue weighted by molar-refractivity contribution is 7.09. The first kappa shape index (κ1) is 14.7. The molecule has 1 aliphatic rings. The fourth-order valence-electron chi connectivity index (χ4n) is 2.84. The van der Waals surface area contributed by atoms with E-state index in [-0.39, 0.29) is 0 Å². The number of thiazole rings is 1. The SMILES string of the molecule is Cc1cnc(CN(C)C2CCN(Cc3csc(C)n3)C2)o1. The van der Waals surface area contributed by atoms with Gasteiger partial charge in [0.2, 0.25) is 5.89 Å². The van der Waals surface area contributed by atoms with Crippen molar-refractivity contribution in [2.24, 2.45) is 0 Å². The average molecular weight is 306 g/mol. The lowest BCUT2D eigenvalue weighted by atomic mass is 10.2. The minimum absolute atomic E-state index is 0.567. The molecular weight excluding hydrogens is 284 g/mol. The summed E-state index contributed by atoms with van der Waals surface area (Å²) in [7, 11) is 2.15. The number of aromatic nitrogens is 2. The van der Waals surface area contributed by atoms with Gasteiger partial charge in [-0.25, -0.2) is 9.97 Å². The van der Waals surface area contributed by atoms with E-state index in [2.05, 4.69) is 39.1 Å². The molecule has 0 N–H and O–H groups in total. The van der Waals surface area contributed by atoms with E-state index in [9.17, 15) is 0 Å². The summed E-state index contributed by atoms with van der Waals surface area (Å²) in [5.74, 6) is 1.69. The van der Waals surface area contributed by atoms with Gasteiger partial charge < -0.3 is 4.42 Å². The molecule has 1 fully saturated rings. The van der Waals surface area contributed by atoms with Gasteiger partial charge in [0.05, 0.1) is 23.4 Å². The average Bonchev–Trinajstić information content (AvgIpc) is 3.13. The third kappa shape index (κ3) is 3.70. The molecule has 114 valence electrons. The second-order valence-corrected chi connectivity index (χ2v) is 6.88. The van der Waals surface area contributed by atoms with E-state index in [4.69, 9.17) is 4.42 Å².